The van der Waals surface area contributed by atoms with Gasteiger partial charge in [-0.1, -0.05) is 31.2 Å². The SMILES string of the molecule is C=CC(=O)Nc1cccc(C(=O)N2CCN(c3nc(OC)nc4c(F)c(-c5nc(N)cc(C)c5C(F)(F)F)c(Cl)cc34)CC2)c1.CCCN(C)C. The topological polar surface area (TPSA) is 130 Å². The number of rotatable bonds is 8. The molecule has 3 heterocycles. The number of nitrogens with two attached hydrogens (primary N) is 1. The maximum atomic E-state index is 16.2. The Hall–Kier alpha value is -5.02. The summed E-state index contributed by atoms with van der Waals surface area (Å²) in [6.45, 7) is 9.04. The maximum absolute atomic E-state index is 16.2. The number of halogens is 5. The number of pyridine rings is 1. The van der Waals surface area contributed by atoms with Crippen molar-refractivity contribution in [2.24, 2.45) is 0 Å². The summed E-state index contributed by atoms with van der Waals surface area (Å²) in [6, 6.07) is 8.58. The van der Waals surface area contributed by atoms with Crippen LogP contribution in [0.2, 0.25) is 5.02 Å². The Kier molecular flexibility index (Phi) is 12.4. The molecule has 1 fully saturated rings. The van der Waals surface area contributed by atoms with Crippen molar-refractivity contribution in [1.82, 2.24) is 24.8 Å². The summed E-state index contributed by atoms with van der Waals surface area (Å²) < 4.78 is 63.6. The molecule has 0 bridgehead atoms. The number of methoxy groups -OCH3 is 1. The summed E-state index contributed by atoms with van der Waals surface area (Å²) in [5, 5.41) is 2.39. The Morgan fingerprint density at radius 3 is 2.37 bits per heavy atom. The van der Waals surface area contributed by atoms with Crippen LogP contribution in [0, 0.1) is 12.7 Å². The summed E-state index contributed by atoms with van der Waals surface area (Å²) in [5.41, 5.74) is 3.43. The summed E-state index contributed by atoms with van der Waals surface area (Å²) in [7, 11) is 5.44. The van der Waals surface area contributed by atoms with Crippen molar-refractivity contribution in [2.45, 2.75) is 26.4 Å². The minimum Gasteiger partial charge on any atom is -0.467 e. The number of carbonyl (C=O) groups is 2. The second-order valence-corrected chi connectivity index (χ2v) is 12.3. The smallest absolute Gasteiger partial charge is 0.418 e. The fourth-order valence-electron chi connectivity index (χ4n) is 5.62. The van der Waals surface area contributed by atoms with E-state index >= 15 is 4.39 Å². The first kappa shape index (κ1) is 38.8. The summed E-state index contributed by atoms with van der Waals surface area (Å²) in [6.07, 6.45) is -2.50. The number of alkyl halides is 3. The van der Waals surface area contributed by atoms with Gasteiger partial charge < -0.3 is 30.5 Å². The molecule has 3 N–H and O–H groups in total. The zero-order valence-electron chi connectivity index (χ0n) is 28.9. The molecule has 11 nitrogen and oxygen atoms in total. The number of nitrogens with zero attached hydrogens (tertiary/aromatic N) is 6. The van der Waals surface area contributed by atoms with Crippen LogP contribution >= 0.6 is 11.6 Å². The van der Waals surface area contributed by atoms with Crippen molar-refractivity contribution >= 4 is 51.6 Å². The molecule has 0 radical (unpaired) electrons. The minimum atomic E-state index is -4.88. The van der Waals surface area contributed by atoms with E-state index in [1.165, 1.54) is 33.1 Å². The number of piperazine rings is 1. The van der Waals surface area contributed by atoms with E-state index in [4.69, 9.17) is 22.1 Å². The van der Waals surface area contributed by atoms with Crippen LogP contribution in [0.3, 0.4) is 0 Å². The van der Waals surface area contributed by atoms with Gasteiger partial charge in [0.05, 0.1) is 29.0 Å². The highest BCUT2D eigenvalue weighted by molar-refractivity contribution is 6.34. The highest BCUT2D eigenvalue weighted by atomic mass is 35.5. The molecule has 5 rings (SSSR count). The molecule has 0 aliphatic carbocycles. The third kappa shape index (κ3) is 9.02. The number of fused-ring (bicyclic) bond motifs is 1. The second-order valence-electron chi connectivity index (χ2n) is 11.9. The average molecular weight is 731 g/mol. The van der Waals surface area contributed by atoms with Crippen LogP contribution in [-0.4, -0.2) is 90.5 Å². The molecule has 0 atom stereocenters. The molecule has 4 aromatic rings. The molecule has 2 amide bonds. The van der Waals surface area contributed by atoms with Crippen LogP contribution in [0.5, 0.6) is 6.01 Å². The van der Waals surface area contributed by atoms with Crippen molar-refractivity contribution in [3.63, 3.8) is 0 Å². The number of nitrogen functional groups attached to an aromatic ring is 1. The third-order valence-corrected chi connectivity index (χ3v) is 8.18. The number of hydrogen-bond acceptors (Lipinski definition) is 9. The number of carbonyl (C=O) groups excluding carboxylic acids is 2. The number of amides is 2. The second kappa shape index (κ2) is 16.3. The molecular formula is C35H39ClF4N8O3. The molecule has 272 valence electrons. The summed E-state index contributed by atoms with van der Waals surface area (Å²) >= 11 is 6.46. The van der Waals surface area contributed by atoms with E-state index in [1.807, 2.05) is 0 Å². The zero-order chi connectivity index (χ0) is 37.6. The number of anilines is 3. The number of ether oxygens (including phenoxy) is 1. The van der Waals surface area contributed by atoms with E-state index < -0.39 is 34.7 Å². The van der Waals surface area contributed by atoms with Crippen LogP contribution in [0.1, 0.15) is 34.8 Å². The van der Waals surface area contributed by atoms with Gasteiger partial charge in [-0.15, -0.1) is 0 Å². The van der Waals surface area contributed by atoms with Gasteiger partial charge in [0, 0.05) is 42.8 Å². The predicted molar refractivity (Wildman–Crippen MR) is 191 cm³/mol. The first-order valence-electron chi connectivity index (χ1n) is 15.9. The number of hydrogen-bond donors (Lipinski definition) is 2. The zero-order valence-corrected chi connectivity index (χ0v) is 29.6. The van der Waals surface area contributed by atoms with Crippen LogP contribution < -0.4 is 20.7 Å². The van der Waals surface area contributed by atoms with Gasteiger partial charge in [-0.05, 0) is 76.0 Å². The molecule has 1 aliphatic heterocycles. The summed E-state index contributed by atoms with van der Waals surface area (Å²) in [5.74, 6) is -1.85. The van der Waals surface area contributed by atoms with Gasteiger partial charge in [-0.25, -0.2) is 9.37 Å². The predicted octanol–water partition coefficient (Wildman–Crippen LogP) is 6.45. The van der Waals surface area contributed by atoms with Crippen molar-refractivity contribution in [3.8, 4) is 17.3 Å². The molecule has 16 heteroatoms. The fraction of sp³-hybridized carbons (Fsp3) is 0.343. The third-order valence-electron chi connectivity index (χ3n) is 7.88. The molecule has 1 aliphatic rings. The van der Waals surface area contributed by atoms with Gasteiger partial charge in [-0.3, -0.25) is 9.59 Å². The Balaban J connectivity index is 0.000000894. The molecule has 2 aromatic heterocycles. The molecule has 0 unspecified atom stereocenters. The Bertz CT molecular complexity index is 1930. The lowest BCUT2D eigenvalue weighted by molar-refractivity contribution is -0.137. The maximum Gasteiger partial charge on any atom is 0.418 e. The standard InChI is InChI=1S/C30H26ClF4N7O3.C5H13N/c1-4-21(43)37-17-7-5-6-16(13-17)28(44)42-10-8-41(9-11-42)27-18-14-19(31)22(24(32)25(18)39-29(40-27)45-3)26-23(30(33,34)35)15(2)12-20(36)38-26;1-4-5-6(2)3/h4-7,12-14H,1,8-11H2,2-3H3,(H2,36,38)(H,37,43);4-5H2,1-3H3. The normalized spacial score (nSPS) is 13.2. The number of aryl methyl sites for hydroxylation is 1. The van der Waals surface area contributed by atoms with Gasteiger partial charge in [-0.2, -0.15) is 23.1 Å². The fourth-order valence-corrected chi connectivity index (χ4v) is 5.90. The van der Waals surface area contributed by atoms with Crippen molar-refractivity contribution in [2.75, 3.05) is 69.9 Å². The number of aromatic nitrogens is 3. The molecule has 51 heavy (non-hydrogen) atoms. The van der Waals surface area contributed by atoms with Crippen molar-refractivity contribution < 1.29 is 31.9 Å². The first-order chi connectivity index (χ1) is 24.1. The Labute approximate surface area is 298 Å². The minimum absolute atomic E-state index is 0.127. The van der Waals surface area contributed by atoms with Gasteiger partial charge in [0.25, 0.3) is 5.91 Å². The average Bonchev–Trinajstić information content (AvgIpc) is 3.07. The molecule has 1 saturated heterocycles. The number of nitrogens with one attached hydrogen (secondary N) is 1. The highest BCUT2D eigenvalue weighted by Crippen LogP contribution is 2.44. The van der Waals surface area contributed by atoms with Crippen molar-refractivity contribution in [1.29, 1.82) is 0 Å². The summed E-state index contributed by atoms with van der Waals surface area (Å²) in [4.78, 5) is 42.8. The molecule has 0 saturated carbocycles. The Morgan fingerprint density at radius 2 is 1.80 bits per heavy atom. The van der Waals surface area contributed by atoms with E-state index in [0.29, 0.717) is 11.3 Å². The van der Waals surface area contributed by atoms with Gasteiger partial charge >= 0.3 is 12.2 Å². The molecular weight excluding hydrogens is 692 g/mol. The van der Waals surface area contributed by atoms with E-state index in [9.17, 15) is 22.8 Å². The van der Waals surface area contributed by atoms with Crippen molar-refractivity contribution in [3.05, 3.63) is 76.6 Å². The van der Waals surface area contributed by atoms with Crippen LogP contribution in [0.4, 0.5) is 34.9 Å². The monoisotopic (exact) mass is 730 g/mol. The lowest BCUT2D eigenvalue weighted by Crippen LogP contribution is -2.49. The van der Waals surface area contributed by atoms with E-state index in [0.717, 1.165) is 12.1 Å². The lowest BCUT2D eigenvalue weighted by Gasteiger charge is -2.36. The largest absolute Gasteiger partial charge is 0.467 e. The first-order valence-corrected chi connectivity index (χ1v) is 16.3. The highest BCUT2D eigenvalue weighted by Gasteiger charge is 2.38. The quantitative estimate of drug-likeness (QED) is 0.155. The van der Waals surface area contributed by atoms with Gasteiger partial charge in [0.15, 0.2) is 5.82 Å². The van der Waals surface area contributed by atoms with Crippen LogP contribution in [-0.2, 0) is 11.0 Å². The van der Waals surface area contributed by atoms with Crippen LogP contribution in [0.15, 0.2) is 49.1 Å². The molecule has 2 aromatic carbocycles. The lowest BCUT2D eigenvalue weighted by atomic mass is 9.99. The van der Waals surface area contributed by atoms with Gasteiger partial charge in [0.1, 0.15) is 17.2 Å². The van der Waals surface area contributed by atoms with E-state index in [1.54, 1.807) is 34.1 Å². The van der Waals surface area contributed by atoms with E-state index in [2.05, 4.69) is 52.8 Å². The Morgan fingerprint density at radius 1 is 1.12 bits per heavy atom. The van der Waals surface area contributed by atoms with Crippen LogP contribution in [0.25, 0.3) is 22.2 Å². The molecule has 0 spiro atoms. The van der Waals surface area contributed by atoms with E-state index in [-0.39, 0.29) is 71.2 Å². The van der Waals surface area contributed by atoms with Gasteiger partial charge in [0.2, 0.25) is 5.91 Å². The number of benzene rings is 2.